The lowest BCUT2D eigenvalue weighted by Crippen LogP contribution is -2.36. The number of nitrogens with zero attached hydrogens (tertiary/aromatic N) is 2. The third kappa shape index (κ3) is 2.82. The zero-order valence-electron chi connectivity index (χ0n) is 10.4. The molecule has 0 aromatic carbocycles. The van der Waals surface area contributed by atoms with Crippen molar-refractivity contribution in [3.8, 4) is 0 Å². The predicted molar refractivity (Wildman–Crippen MR) is 61.8 cm³/mol. The number of hydrogen-bond donors (Lipinski definition) is 1. The zero-order valence-corrected chi connectivity index (χ0v) is 10.4. The number of aromatic nitrogens is 2. The SMILES string of the molecule is Cc1nonc1CNC1CC(C)CC(C)C1. The molecule has 90 valence electrons. The van der Waals surface area contributed by atoms with E-state index >= 15 is 0 Å². The Hall–Kier alpha value is -0.900. The molecule has 4 nitrogen and oxygen atoms in total. The van der Waals surface area contributed by atoms with Crippen LogP contribution in [-0.4, -0.2) is 16.4 Å². The molecule has 2 atom stereocenters. The van der Waals surface area contributed by atoms with Gasteiger partial charge in [0.2, 0.25) is 0 Å². The second kappa shape index (κ2) is 4.95. The summed E-state index contributed by atoms with van der Waals surface area (Å²) in [7, 11) is 0. The van der Waals surface area contributed by atoms with E-state index in [4.69, 9.17) is 0 Å². The van der Waals surface area contributed by atoms with Crippen molar-refractivity contribution in [3.63, 3.8) is 0 Å². The first kappa shape index (κ1) is 11.6. The minimum Gasteiger partial charge on any atom is -0.308 e. The highest BCUT2D eigenvalue weighted by atomic mass is 16.6. The lowest BCUT2D eigenvalue weighted by Gasteiger charge is -2.31. The maximum atomic E-state index is 4.69. The van der Waals surface area contributed by atoms with Crippen molar-refractivity contribution >= 4 is 0 Å². The van der Waals surface area contributed by atoms with Crippen LogP contribution in [0.1, 0.15) is 44.5 Å². The first-order valence-electron chi connectivity index (χ1n) is 6.16. The summed E-state index contributed by atoms with van der Waals surface area (Å²) >= 11 is 0. The van der Waals surface area contributed by atoms with Gasteiger partial charge in [0, 0.05) is 12.6 Å². The summed E-state index contributed by atoms with van der Waals surface area (Å²) < 4.78 is 4.69. The monoisotopic (exact) mass is 223 g/mol. The van der Waals surface area contributed by atoms with Gasteiger partial charge in [-0.25, -0.2) is 4.63 Å². The largest absolute Gasteiger partial charge is 0.308 e. The fourth-order valence-electron chi connectivity index (χ4n) is 2.76. The number of nitrogens with one attached hydrogen (secondary N) is 1. The molecule has 0 saturated heterocycles. The Kier molecular flexibility index (Phi) is 3.59. The van der Waals surface area contributed by atoms with Gasteiger partial charge in [0.15, 0.2) is 0 Å². The molecule has 1 aliphatic rings. The van der Waals surface area contributed by atoms with Gasteiger partial charge in [0.05, 0.1) is 0 Å². The van der Waals surface area contributed by atoms with E-state index in [1.54, 1.807) is 0 Å². The molecule has 1 saturated carbocycles. The van der Waals surface area contributed by atoms with E-state index in [1.807, 2.05) is 6.92 Å². The van der Waals surface area contributed by atoms with Gasteiger partial charge >= 0.3 is 0 Å². The quantitative estimate of drug-likeness (QED) is 0.854. The third-order valence-corrected chi connectivity index (χ3v) is 3.48. The topological polar surface area (TPSA) is 51.0 Å². The van der Waals surface area contributed by atoms with Crippen LogP contribution in [0, 0.1) is 18.8 Å². The van der Waals surface area contributed by atoms with Crippen molar-refractivity contribution in [3.05, 3.63) is 11.4 Å². The summed E-state index contributed by atoms with van der Waals surface area (Å²) in [5, 5.41) is 11.2. The maximum absolute atomic E-state index is 4.69. The van der Waals surface area contributed by atoms with Crippen LogP contribution in [0.25, 0.3) is 0 Å². The summed E-state index contributed by atoms with van der Waals surface area (Å²) in [5.74, 6) is 1.66. The van der Waals surface area contributed by atoms with Gasteiger partial charge in [0.1, 0.15) is 11.4 Å². The van der Waals surface area contributed by atoms with Gasteiger partial charge in [-0.2, -0.15) is 0 Å². The van der Waals surface area contributed by atoms with Crippen LogP contribution in [0.15, 0.2) is 4.63 Å². The molecule has 1 aromatic rings. The second-order valence-corrected chi connectivity index (χ2v) is 5.29. The molecule has 0 spiro atoms. The summed E-state index contributed by atoms with van der Waals surface area (Å²) in [5.41, 5.74) is 1.83. The average molecular weight is 223 g/mol. The Balaban J connectivity index is 1.84. The standard InChI is InChI=1S/C12H21N3O/c1-8-4-9(2)6-11(5-8)13-7-12-10(3)14-16-15-12/h8-9,11,13H,4-7H2,1-3H3. The Labute approximate surface area is 96.8 Å². The van der Waals surface area contributed by atoms with Gasteiger partial charge in [-0.05, 0) is 38.0 Å². The van der Waals surface area contributed by atoms with Crippen LogP contribution in [-0.2, 0) is 6.54 Å². The van der Waals surface area contributed by atoms with Gasteiger partial charge in [0.25, 0.3) is 0 Å². The lowest BCUT2D eigenvalue weighted by atomic mass is 9.80. The summed E-state index contributed by atoms with van der Waals surface area (Å²) in [6.45, 7) is 7.39. The Morgan fingerprint density at radius 3 is 2.44 bits per heavy atom. The molecule has 0 bridgehead atoms. The second-order valence-electron chi connectivity index (χ2n) is 5.29. The van der Waals surface area contributed by atoms with Crippen molar-refractivity contribution < 1.29 is 4.63 Å². The maximum Gasteiger partial charge on any atom is 0.121 e. The highest BCUT2D eigenvalue weighted by Crippen LogP contribution is 2.28. The van der Waals surface area contributed by atoms with Crippen molar-refractivity contribution in [2.24, 2.45) is 11.8 Å². The van der Waals surface area contributed by atoms with E-state index in [-0.39, 0.29) is 0 Å². The minimum absolute atomic E-state index is 0.620. The summed E-state index contributed by atoms with van der Waals surface area (Å²) in [6.07, 6.45) is 3.91. The molecule has 1 N–H and O–H groups in total. The van der Waals surface area contributed by atoms with Crippen LogP contribution in [0.4, 0.5) is 0 Å². The van der Waals surface area contributed by atoms with Crippen molar-refractivity contribution in [1.29, 1.82) is 0 Å². The molecule has 1 aromatic heterocycles. The van der Waals surface area contributed by atoms with Crippen molar-refractivity contribution in [1.82, 2.24) is 15.6 Å². The molecule has 0 amide bonds. The van der Waals surface area contributed by atoms with E-state index in [9.17, 15) is 0 Å². The summed E-state index contributed by atoms with van der Waals surface area (Å²) in [6, 6.07) is 0.620. The average Bonchev–Trinajstić information content (AvgIpc) is 2.59. The molecule has 16 heavy (non-hydrogen) atoms. The van der Waals surface area contributed by atoms with Crippen LogP contribution in [0.5, 0.6) is 0 Å². The van der Waals surface area contributed by atoms with Crippen LogP contribution >= 0.6 is 0 Å². The van der Waals surface area contributed by atoms with Crippen molar-refractivity contribution in [2.45, 2.75) is 52.6 Å². The van der Waals surface area contributed by atoms with Crippen LogP contribution in [0.2, 0.25) is 0 Å². The smallest absolute Gasteiger partial charge is 0.121 e. The van der Waals surface area contributed by atoms with Crippen molar-refractivity contribution in [2.75, 3.05) is 0 Å². The van der Waals surface area contributed by atoms with Gasteiger partial charge in [-0.1, -0.05) is 24.2 Å². The van der Waals surface area contributed by atoms with E-state index in [2.05, 4.69) is 34.1 Å². The first-order chi connectivity index (χ1) is 7.65. The Morgan fingerprint density at radius 1 is 1.19 bits per heavy atom. The van der Waals surface area contributed by atoms with Gasteiger partial charge in [-0.15, -0.1) is 0 Å². The molecule has 1 heterocycles. The molecule has 2 rings (SSSR count). The van der Waals surface area contributed by atoms with Gasteiger partial charge in [-0.3, -0.25) is 0 Å². The molecular weight excluding hydrogens is 202 g/mol. The molecule has 1 fully saturated rings. The zero-order chi connectivity index (χ0) is 11.5. The normalized spacial score (nSPS) is 30.6. The molecule has 0 radical (unpaired) electrons. The first-order valence-corrected chi connectivity index (χ1v) is 6.16. The van der Waals surface area contributed by atoms with E-state index in [0.29, 0.717) is 6.04 Å². The molecule has 1 aliphatic carbocycles. The summed E-state index contributed by atoms with van der Waals surface area (Å²) in [4.78, 5) is 0. The predicted octanol–water partition coefficient (Wildman–Crippen LogP) is 2.29. The molecule has 2 unspecified atom stereocenters. The third-order valence-electron chi connectivity index (χ3n) is 3.48. The van der Waals surface area contributed by atoms with Crippen LogP contribution < -0.4 is 5.32 Å². The number of hydrogen-bond acceptors (Lipinski definition) is 4. The minimum atomic E-state index is 0.620. The highest BCUT2D eigenvalue weighted by molar-refractivity contribution is 5.04. The fraction of sp³-hybridized carbons (Fsp3) is 0.833. The Bertz CT molecular complexity index is 327. The molecule has 0 aliphatic heterocycles. The Morgan fingerprint density at radius 2 is 1.88 bits per heavy atom. The number of rotatable bonds is 3. The molecular formula is C12H21N3O. The van der Waals surface area contributed by atoms with E-state index in [0.717, 1.165) is 29.8 Å². The van der Waals surface area contributed by atoms with E-state index in [1.165, 1.54) is 19.3 Å². The van der Waals surface area contributed by atoms with Gasteiger partial charge < -0.3 is 5.32 Å². The van der Waals surface area contributed by atoms with Crippen LogP contribution in [0.3, 0.4) is 0 Å². The van der Waals surface area contributed by atoms with E-state index < -0.39 is 0 Å². The fourth-order valence-corrected chi connectivity index (χ4v) is 2.76. The number of aryl methyl sites for hydroxylation is 1. The molecule has 4 heteroatoms. The highest BCUT2D eigenvalue weighted by Gasteiger charge is 2.23. The lowest BCUT2D eigenvalue weighted by molar-refractivity contribution is 0.236.